The average Bonchev–Trinajstić information content (AvgIpc) is 2.11. The molecule has 0 amide bonds. The van der Waals surface area contributed by atoms with Crippen molar-refractivity contribution in [3.63, 3.8) is 0 Å². The molecule has 4 saturated carbocycles. The standard InChI is InChI=1S/C15H24O2/c1-9(2)14-11-3-10-4-12(14)7-15(5-10,6-11)8-13(16)17/h9-12,14H,3-8H2,1-2H3,(H,16,17). The summed E-state index contributed by atoms with van der Waals surface area (Å²) in [6, 6.07) is 0. The van der Waals surface area contributed by atoms with Crippen molar-refractivity contribution in [2.24, 2.45) is 35.0 Å². The van der Waals surface area contributed by atoms with E-state index < -0.39 is 5.97 Å². The van der Waals surface area contributed by atoms with E-state index in [2.05, 4.69) is 13.8 Å². The van der Waals surface area contributed by atoms with Gasteiger partial charge < -0.3 is 5.11 Å². The van der Waals surface area contributed by atoms with Gasteiger partial charge in [-0.15, -0.1) is 0 Å². The minimum Gasteiger partial charge on any atom is -0.481 e. The van der Waals surface area contributed by atoms with Crippen LogP contribution in [0.15, 0.2) is 0 Å². The van der Waals surface area contributed by atoms with Crippen LogP contribution in [0.5, 0.6) is 0 Å². The molecule has 4 bridgehead atoms. The molecule has 0 saturated heterocycles. The largest absolute Gasteiger partial charge is 0.481 e. The van der Waals surface area contributed by atoms with E-state index in [1.165, 1.54) is 32.1 Å². The fraction of sp³-hybridized carbons (Fsp3) is 0.933. The number of hydrogen-bond acceptors (Lipinski definition) is 1. The van der Waals surface area contributed by atoms with Crippen LogP contribution < -0.4 is 0 Å². The van der Waals surface area contributed by atoms with Gasteiger partial charge in [0.25, 0.3) is 0 Å². The third-order valence-electron chi connectivity index (χ3n) is 5.77. The summed E-state index contributed by atoms with van der Waals surface area (Å²) in [4.78, 5) is 11.1. The molecule has 4 aliphatic carbocycles. The summed E-state index contributed by atoms with van der Waals surface area (Å²) >= 11 is 0. The zero-order chi connectivity index (χ0) is 12.2. The number of carboxylic acid groups (broad SMARTS) is 1. The Morgan fingerprint density at radius 3 is 2.29 bits per heavy atom. The smallest absolute Gasteiger partial charge is 0.303 e. The van der Waals surface area contributed by atoms with Crippen LogP contribution in [0.2, 0.25) is 0 Å². The van der Waals surface area contributed by atoms with E-state index in [4.69, 9.17) is 5.11 Å². The highest BCUT2D eigenvalue weighted by Crippen LogP contribution is 2.64. The van der Waals surface area contributed by atoms with Crippen LogP contribution >= 0.6 is 0 Å². The zero-order valence-corrected chi connectivity index (χ0v) is 11.0. The van der Waals surface area contributed by atoms with Gasteiger partial charge in [-0.1, -0.05) is 13.8 Å². The lowest BCUT2D eigenvalue weighted by Crippen LogP contribution is -2.52. The molecule has 0 heterocycles. The Balaban J connectivity index is 1.84. The van der Waals surface area contributed by atoms with Gasteiger partial charge >= 0.3 is 5.97 Å². The zero-order valence-electron chi connectivity index (χ0n) is 11.0. The normalized spacial score (nSPS) is 47.7. The Bertz CT molecular complexity index is 318. The molecule has 1 N–H and O–H groups in total. The minimum absolute atomic E-state index is 0.188. The molecule has 0 aromatic heterocycles. The molecule has 4 rings (SSSR count). The van der Waals surface area contributed by atoms with Gasteiger partial charge in [-0.25, -0.2) is 0 Å². The SMILES string of the molecule is CC(C)C1C2CC3CC1CC(CC(=O)O)(C3)C2. The van der Waals surface area contributed by atoms with Gasteiger partial charge in [-0.05, 0) is 67.1 Å². The summed E-state index contributed by atoms with van der Waals surface area (Å²) in [6.45, 7) is 4.72. The maximum atomic E-state index is 11.1. The van der Waals surface area contributed by atoms with Crippen molar-refractivity contribution < 1.29 is 9.90 Å². The molecule has 0 aromatic carbocycles. The van der Waals surface area contributed by atoms with E-state index >= 15 is 0 Å². The average molecular weight is 236 g/mol. The molecule has 0 aromatic rings. The lowest BCUT2D eigenvalue weighted by atomic mass is 9.44. The van der Waals surface area contributed by atoms with Crippen molar-refractivity contribution in [3.8, 4) is 0 Å². The second kappa shape index (κ2) is 3.73. The maximum Gasteiger partial charge on any atom is 0.303 e. The monoisotopic (exact) mass is 236 g/mol. The topological polar surface area (TPSA) is 37.3 Å². The summed E-state index contributed by atoms with van der Waals surface area (Å²) in [5.74, 6) is 3.61. The number of rotatable bonds is 3. The molecule has 2 atom stereocenters. The third kappa shape index (κ3) is 1.80. The highest BCUT2D eigenvalue weighted by Gasteiger charge is 2.56. The Hall–Kier alpha value is -0.530. The second-order valence-electron chi connectivity index (χ2n) is 7.36. The van der Waals surface area contributed by atoms with Crippen molar-refractivity contribution in [2.75, 3.05) is 0 Å². The van der Waals surface area contributed by atoms with E-state index in [9.17, 15) is 4.79 Å². The maximum absolute atomic E-state index is 11.1. The van der Waals surface area contributed by atoms with Crippen LogP contribution in [0.25, 0.3) is 0 Å². The number of aliphatic carboxylic acids is 1. The first-order valence-electron chi connectivity index (χ1n) is 7.21. The fourth-order valence-corrected chi connectivity index (χ4v) is 5.86. The minimum atomic E-state index is -0.576. The van der Waals surface area contributed by atoms with Gasteiger partial charge in [0.15, 0.2) is 0 Å². The molecule has 0 spiro atoms. The quantitative estimate of drug-likeness (QED) is 0.813. The van der Waals surface area contributed by atoms with E-state index in [1.54, 1.807) is 0 Å². The number of carboxylic acids is 1. The summed E-state index contributed by atoms with van der Waals surface area (Å²) in [5, 5.41) is 9.15. The van der Waals surface area contributed by atoms with E-state index in [-0.39, 0.29) is 5.41 Å². The lowest BCUT2D eigenvalue weighted by Gasteiger charge is -2.61. The molecule has 2 heteroatoms. The van der Waals surface area contributed by atoms with E-state index in [0.29, 0.717) is 6.42 Å². The first-order chi connectivity index (χ1) is 7.99. The van der Waals surface area contributed by atoms with Gasteiger partial charge in [0.1, 0.15) is 0 Å². The fourth-order valence-electron chi connectivity index (χ4n) is 5.86. The Morgan fingerprint density at radius 1 is 1.24 bits per heavy atom. The molecule has 4 aliphatic rings. The molecular weight excluding hydrogens is 212 g/mol. The highest BCUT2D eigenvalue weighted by atomic mass is 16.4. The molecule has 17 heavy (non-hydrogen) atoms. The number of hydrogen-bond donors (Lipinski definition) is 1. The Kier molecular flexibility index (Phi) is 2.53. The molecule has 2 nitrogen and oxygen atoms in total. The van der Waals surface area contributed by atoms with Gasteiger partial charge in [-0.3, -0.25) is 4.79 Å². The van der Waals surface area contributed by atoms with Gasteiger partial charge in [0.2, 0.25) is 0 Å². The van der Waals surface area contributed by atoms with Crippen molar-refractivity contribution in [1.82, 2.24) is 0 Å². The molecular formula is C15H24O2. The summed E-state index contributed by atoms with van der Waals surface area (Å²) in [7, 11) is 0. The van der Waals surface area contributed by atoms with Crippen molar-refractivity contribution in [3.05, 3.63) is 0 Å². The van der Waals surface area contributed by atoms with E-state index in [1.807, 2.05) is 0 Å². The summed E-state index contributed by atoms with van der Waals surface area (Å²) in [6.07, 6.45) is 6.82. The molecule has 0 radical (unpaired) electrons. The Morgan fingerprint density at radius 2 is 1.82 bits per heavy atom. The van der Waals surface area contributed by atoms with Gasteiger partial charge in [-0.2, -0.15) is 0 Å². The van der Waals surface area contributed by atoms with Gasteiger partial charge in [0, 0.05) is 0 Å². The Labute approximate surface area is 104 Å². The van der Waals surface area contributed by atoms with Crippen molar-refractivity contribution >= 4 is 5.97 Å². The van der Waals surface area contributed by atoms with Crippen LogP contribution in [-0.2, 0) is 4.79 Å². The predicted molar refractivity (Wildman–Crippen MR) is 66.6 cm³/mol. The summed E-state index contributed by atoms with van der Waals surface area (Å²) < 4.78 is 0. The number of carbonyl (C=O) groups is 1. The van der Waals surface area contributed by atoms with Gasteiger partial charge in [0.05, 0.1) is 6.42 Å². The predicted octanol–water partition coefficient (Wildman–Crippen LogP) is 3.56. The molecule has 4 fully saturated rings. The lowest BCUT2D eigenvalue weighted by molar-refractivity contribution is -0.151. The van der Waals surface area contributed by atoms with Crippen LogP contribution in [0.3, 0.4) is 0 Å². The van der Waals surface area contributed by atoms with Crippen molar-refractivity contribution in [1.29, 1.82) is 0 Å². The second-order valence-corrected chi connectivity index (χ2v) is 7.36. The van der Waals surface area contributed by atoms with Crippen LogP contribution in [0, 0.1) is 35.0 Å². The van der Waals surface area contributed by atoms with E-state index in [0.717, 1.165) is 29.6 Å². The van der Waals surface area contributed by atoms with Crippen LogP contribution in [0.1, 0.15) is 52.4 Å². The highest BCUT2D eigenvalue weighted by molar-refractivity contribution is 5.67. The summed E-state index contributed by atoms with van der Waals surface area (Å²) in [5.41, 5.74) is 0.188. The molecule has 2 unspecified atom stereocenters. The van der Waals surface area contributed by atoms with Crippen LogP contribution in [-0.4, -0.2) is 11.1 Å². The first-order valence-corrected chi connectivity index (χ1v) is 7.21. The van der Waals surface area contributed by atoms with Crippen LogP contribution in [0.4, 0.5) is 0 Å². The third-order valence-corrected chi connectivity index (χ3v) is 5.77. The van der Waals surface area contributed by atoms with Crippen molar-refractivity contribution in [2.45, 2.75) is 52.4 Å². The molecule has 96 valence electrons. The molecule has 0 aliphatic heterocycles. The first kappa shape index (κ1) is 11.6.